The van der Waals surface area contributed by atoms with Gasteiger partial charge in [-0.2, -0.15) is 0 Å². The van der Waals surface area contributed by atoms with Crippen molar-refractivity contribution in [2.45, 2.75) is 19.4 Å². The topological polar surface area (TPSA) is 21.3 Å². The molecule has 2 rings (SSSR count). The minimum absolute atomic E-state index is 0.853. The molecular weight excluding hydrogens is 242 g/mol. The molecule has 0 unspecified atom stereocenters. The highest BCUT2D eigenvalue weighted by Crippen LogP contribution is 2.32. The summed E-state index contributed by atoms with van der Waals surface area (Å²) in [5, 5.41) is 3.16. The summed E-state index contributed by atoms with van der Waals surface area (Å²) in [5.74, 6) is 1.09. The highest BCUT2D eigenvalue weighted by atomic mass is 79.9. The number of benzene rings is 1. The number of nitrogens with one attached hydrogen (secondary N) is 1. The van der Waals surface area contributed by atoms with Crippen LogP contribution in [-0.2, 0) is 13.0 Å². The summed E-state index contributed by atoms with van der Waals surface area (Å²) in [5.41, 5.74) is 2.58. The molecule has 0 fully saturated rings. The second-order valence-electron chi connectivity index (χ2n) is 3.54. The summed E-state index contributed by atoms with van der Waals surface area (Å²) >= 11 is 3.53. The van der Waals surface area contributed by atoms with Crippen LogP contribution in [0.25, 0.3) is 0 Å². The average molecular weight is 256 g/mol. The predicted octanol–water partition coefficient (Wildman–Crippen LogP) is 2.49. The van der Waals surface area contributed by atoms with Crippen LogP contribution in [0.1, 0.15) is 17.5 Å². The van der Waals surface area contributed by atoms with Crippen LogP contribution in [0.5, 0.6) is 5.75 Å². The zero-order chi connectivity index (χ0) is 9.97. The van der Waals surface area contributed by atoms with Crippen LogP contribution in [-0.4, -0.2) is 13.7 Å². The third kappa shape index (κ3) is 1.93. The molecule has 14 heavy (non-hydrogen) atoms. The molecule has 0 spiro atoms. The van der Waals surface area contributed by atoms with E-state index in [1.165, 1.54) is 11.1 Å². The maximum absolute atomic E-state index is 5.70. The molecule has 1 aromatic rings. The first-order valence-corrected chi connectivity index (χ1v) is 5.69. The van der Waals surface area contributed by atoms with Crippen molar-refractivity contribution >= 4 is 15.9 Å². The molecule has 0 bridgehead atoms. The third-order valence-corrected chi connectivity index (χ3v) is 2.87. The van der Waals surface area contributed by atoms with Crippen molar-refractivity contribution in [3.8, 4) is 5.75 Å². The van der Waals surface area contributed by atoms with Crippen molar-refractivity contribution < 1.29 is 4.74 Å². The van der Waals surface area contributed by atoms with Crippen molar-refractivity contribution in [1.82, 2.24) is 5.32 Å². The van der Waals surface area contributed by atoms with E-state index in [-0.39, 0.29) is 0 Å². The quantitative estimate of drug-likeness (QED) is 0.877. The number of ether oxygens (including phenoxy) is 1. The smallest absolute Gasteiger partial charge is 0.127 e. The van der Waals surface area contributed by atoms with Crippen molar-refractivity contribution in [1.29, 1.82) is 0 Å². The number of aryl methyl sites for hydroxylation is 1. The van der Waals surface area contributed by atoms with Gasteiger partial charge in [-0.1, -0.05) is 15.9 Å². The lowest BCUT2D eigenvalue weighted by Crippen LogP contribution is -2.13. The molecule has 1 N–H and O–H groups in total. The van der Waals surface area contributed by atoms with E-state index in [0.717, 1.165) is 36.2 Å². The van der Waals surface area contributed by atoms with Crippen molar-refractivity contribution in [3.05, 3.63) is 27.7 Å². The number of rotatable bonds is 2. The second kappa shape index (κ2) is 4.32. The molecule has 0 atom stereocenters. The van der Waals surface area contributed by atoms with Crippen LogP contribution >= 0.6 is 15.9 Å². The normalized spacial score (nSPS) is 14.7. The van der Waals surface area contributed by atoms with Crippen LogP contribution < -0.4 is 10.1 Å². The Kier molecular flexibility index (Phi) is 3.08. The lowest BCUT2D eigenvalue weighted by Gasteiger charge is -2.20. The molecule has 3 heteroatoms. The predicted molar refractivity (Wildman–Crippen MR) is 60.7 cm³/mol. The van der Waals surface area contributed by atoms with Crippen molar-refractivity contribution in [2.75, 3.05) is 13.7 Å². The van der Waals surface area contributed by atoms with E-state index in [9.17, 15) is 0 Å². The Bertz CT molecular complexity index is 338. The van der Waals surface area contributed by atoms with Gasteiger partial charge in [-0.3, -0.25) is 0 Å². The SMILES string of the molecule is CNCc1cc(Br)cc2c1OCCC2. The first-order chi connectivity index (χ1) is 6.81. The molecule has 0 aliphatic carbocycles. The molecule has 1 aliphatic heterocycles. The summed E-state index contributed by atoms with van der Waals surface area (Å²) in [7, 11) is 1.95. The molecule has 0 saturated carbocycles. The molecular formula is C11H14BrNO. The summed E-state index contributed by atoms with van der Waals surface area (Å²) in [6.45, 7) is 1.72. The van der Waals surface area contributed by atoms with Gasteiger partial charge in [0, 0.05) is 16.6 Å². The zero-order valence-corrected chi connectivity index (χ0v) is 9.86. The number of hydrogen-bond donors (Lipinski definition) is 1. The standard InChI is InChI=1S/C11H14BrNO/c1-13-7-9-6-10(12)5-8-3-2-4-14-11(8)9/h5-6,13H,2-4,7H2,1H3. The number of fused-ring (bicyclic) bond motifs is 1. The highest BCUT2D eigenvalue weighted by molar-refractivity contribution is 9.10. The van der Waals surface area contributed by atoms with Gasteiger partial charge in [0.2, 0.25) is 0 Å². The minimum atomic E-state index is 0.853. The second-order valence-corrected chi connectivity index (χ2v) is 4.45. The first-order valence-electron chi connectivity index (χ1n) is 4.90. The van der Waals surface area contributed by atoms with E-state index in [1.54, 1.807) is 0 Å². The Hall–Kier alpha value is -0.540. The molecule has 2 nitrogen and oxygen atoms in total. The fraction of sp³-hybridized carbons (Fsp3) is 0.455. The van der Waals surface area contributed by atoms with E-state index >= 15 is 0 Å². The third-order valence-electron chi connectivity index (χ3n) is 2.41. The number of halogens is 1. The molecule has 0 radical (unpaired) electrons. The van der Waals surface area contributed by atoms with Crippen molar-refractivity contribution in [3.63, 3.8) is 0 Å². The zero-order valence-electron chi connectivity index (χ0n) is 8.27. The average Bonchev–Trinajstić information content (AvgIpc) is 2.18. The van der Waals surface area contributed by atoms with Crippen LogP contribution in [0.3, 0.4) is 0 Å². The van der Waals surface area contributed by atoms with Gasteiger partial charge in [-0.25, -0.2) is 0 Å². The molecule has 76 valence electrons. The summed E-state index contributed by atoms with van der Waals surface area (Å²) in [6.07, 6.45) is 2.26. The Morgan fingerprint density at radius 3 is 3.14 bits per heavy atom. The Balaban J connectivity index is 2.41. The van der Waals surface area contributed by atoms with Gasteiger partial charge in [0.25, 0.3) is 0 Å². The van der Waals surface area contributed by atoms with Gasteiger partial charge >= 0.3 is 0 Å². The van der Waals surface area contributed by atoms with E-state index < -0.39 is 0 Å². The molecule has 0 amide bonds. The van der Waals surface area contributed by atoms with Crippen LogP contribution in [0.4, 0.5) is 0 Å². The Labute approximate surface area is 92.8 Å². The summed E-state index contributed by atoms with van der Waals surface area (Å²) < 4.78 is 6.85. The highest BCUT2D eigenvalue weighted by Gasteiger charge is 2.14. The molecule has 1 aromatic carbocycles. The maximum atomic E-state index is 5.70. The van der Waals surface area contributed by atoms with Gasteiger partial charge in [-0.05, 0) is 37.6 Å². The lowest BCUT2D eigenvalue weighted by atomic mass is 10.0. The lowest BCUT2D eigenvalue weighted by molar-refractivity contribution is 0.284. The van der Waals surface area contributed by atoms with Gasteiger partial charge in [0.1, 0.15) is 5.75 Å². The first kappa shape index (κ1) is 9.99. The fourth-order valence-electron chi connectivity index (χ4n) is 1.84. The van der Waals surface area contributed by atoms with E-state index in [0.29, 0.717) is 0 Å². The van der Waals surface area contributed by atoms with Gasteiger partial charge in [0.15, 0.2) is 0 Å². The van der Waals surface area contributed by atoms with Crippen molar-refractivity contribution in [2.24, 2.45) is 0 Å². The van der Waals surface area contributed by atoms with Crippen LogP contribution in [0, 0.1) is 0 Å². The Morgan fingerprint density at radius 2 is 2.36 bits per heavy atom. The maximum Gasteiger partial charge on any atom is 0.127 e. The van der Waals surface area contributed by atoms with E-state index in [4.69, 9.17) is 4.74 Å². The molecule has 1 heterocycles. The van der Waals surface area contributed by atoms with Crippen LogP contribution in [0.2, 0.25) is 0 Å². The fourth-order valence-corrected chi connectivity index (χ4v) is 2.39. The van der Waals surface area contributed by atoms with Gasteiger partial charge in [-0.15, -0.1) is 0 Å². The monoisotopic (exact) mass is 255 g/mol. The Morgan fingerprint density at radius 1 is 1.50 bits per heavy atom. The molecule has 1 aliphatic rings. The van der Waals surface area contributed by atoms with Gasteiger partial charge in [0.05, 0.1) is 6.61 Å². The molecule has 0 saturated heterocycles. The number of hydrogen-bond acceptors (Lipinski definition) is 2. The van der Waals surface area contributed by atoms with Crippen LogP contribution in [0.15, 0.2) is 16.6 Å². The molecule has 0 aromatic heterocycles. The van der Waals surface area contributed by atoms with Gasteiger partial charge < -0.3 is 10.1 Å². The minimum Gasteiger partial charge on any atom is -0.493 e. The van der Waals surface area contributed by atoms with E-state index in [1.807, 2.05) is 7.05 Å². The largest absolute Gasteiger partial charge is 0.493 e. The van der Waals surface area contributed by atoms with E-state index in [2.05, 4.69) is 33.4 Å². The summed E-state index contributed by atoms with van der Waals surface area (Å²) in [6, 6.07) is 4.29. The summed E-state index contributed by atoms with van der Waals surface area (Å²) in [4.78, 5) is 0.